The van der Waals surface area contributed by atoms with Crippen molar-refractivity contribution < 1.29 is 0 Å². The summed E-state index contributed by atoms with van der Waals surface area (Å²) in [5.41, 5.74) is 4.03. The molecule has 8 heteroatoms. The molecule has 0 fully saturated rings. The van der Waals surface area contributed by atoms with Crippen molar-refractivity contribution in [2.24, 2.45) is 5.10 Å². The summed E-state index contributed by atoms with van der Waals surface area (Å²) in [4.78, 5) is 17.9. The van der Waals surface area contributed by atoms with Crippen molar-refractivity contribution in [1.29, 1.82) is 0 Å². The fourth-order valence-electron chi connectivity index (χ4n) is 3.73. The molecular formula is C24H21BrCl2N4O. The van der Waals surface area contributed by atoms with E-state index in [9.17, 15) is 4.79 Å². The van der Waals surface area contributed by atoms with Crippen LogP contribution in [-0.4, -0.2) is 20.4 Å². The lowest BCUT2D eigenvalue weighted by molar-refractivity contribution is 0.665. The topological polar surface area (TPSA) is 52.2 Å². The smallest absolute Gasteiger partial charge is 0.282 e. The molecule has 0 spiro atoms. The van der Waals surface area contributed by atoms with Crippen molar-refractivity contribution in [2.45, 2.75) is 33.6 Å². The number of fused-ring (bicyclic) bond motifs is 1. The monoisotopic (exact) mass is 530 g/mol. The van der Waals surface area contributed by atoms with Crippen LogP contribution in [0, 0.1) is 13.8 Å². The Bertz CT molecular complexity index is 1440. The van der Waals surface area contributed by atoms with Gasteiger partial charge in [-0.15, -0.1) is 0 Å². The van der Waals surface area contributed by atoms with Crippen LogP contribution in [0.4, 0.5) is 0 Å². The second kappa shape index (κ2) is 8.85. The zero-order valence-corrected chi connectivity index (χ0v) is 21.1. The molecule has 0 radical (unpaired) electrons. The van der Waals surface area contributed by atoms with E-state index in [1.807, 2.05) is 62.6 Å². The van der Waals surface area contributed by atoms with Crippen LogP contribution in [0.1, 0.15) is 42.5 Å². The Kier molecular flexibility index (Phi) is 6.30. The first-order chi connectivity index (χ1) is 15.2. The molecule has 2 heterocycles. The minimum atomic E-state index is -0.206. The molecule has 0 amide bonds. The van der Waals surface area contributed by atoms with E-state index in [2.05, 4.69) is 21.0 Å². The van der Waals surface area contributed by atoms with E-state index in [1.165, 1.54) is 4.68 Å². The highest BCUT2D eigenvalue weighted by molar-refractivity contribution is 9.10. The van der Waals surface area contributed by atoms with Crippen LogP contribution in [0.15, 0.2) is 56.8 Å². The van der Waals surface area contributed by atoms with Crippen LogP contribution in [0.3, 0.4) is 0 Å². The third-order valence-electron chi connectivity index (χ3n) is 5.30. The van der Waals surface area contributed by atoms with E-state index in [-0.39, 0.29) is 11.5 Å². The highest BCUT2D eigenvalue weighted by Gasteiger charge is 2.16. The first-order valence-electron chi connectivity index (χ1n) is 10.1. The van der Waals surface area contributed by atoms with Gasteiger partial charge in [0.25, 0.3) is 5.56 Å². The number of halogens is 3. The molecule has 2 aromatic heterocycles. The molecule has 0 unspecified atom stereocenters. The molecule has 0 saturated carbocycles. The summed E-state index contributed by atoms with van der Waals surface area (Å²) in [6.07, 6.45) is 1.69. The summed E-state index contributed by atoms with van der Waals surface area (Å²) in [5.74, 6) is 0.623. The number of aryl methyl sites for hydroxylation is 1. The minimum absolute atomic E-state index is 0.0191. The summed E-state index contributed by atoms with van der Waals surface area (Å²) in [5, 5.41) is 6.05. The first-order valence-corrected chi connectivity index (χ1v) is 11.6. The summed E-state index contributed by atoms with van der Waals surface area (Å²) < 4.78 is 4.23. The second-order valence-electron chi connectivity index (χ2n) is 7.88. The third kappa shape index (κ3) is 4.03. The largest absolute Gasteiger partial charge is 0.316 e. The number of aromatic nitrogens is 3. The minimum Gasteiger partial charge on any atom is -0.316 e. The van der Waals surface area contributed by atoms with Gasteiger partial charge in [0.05, 0.1) is 32.9 Å². The lowest BCUT2D eigenvalue weighted by Crippen LogP contribution is -2.23. The van der Waals surface area contributed by atoms with Crippen LogP contribution in [0.5, 0.6) is 0 Å². The Balaban J connectivity index is 1.86. The fourth-order valence-corrected chi connectivity index (χ4v) is 4.47. The van der Waals surface area contributed by atoms with Crippen LogP contribution in [0.25, 0.3) is 16.6 Å². The van der Waals surface area contributed by atoms with Crippen molar-refractivity contribution in [2.75, 3.05) is 0 Å². The zero-order valence-electron chi connectivity index (χ0n) is 18.0. The van der Waals surface area contributed by atoms with Crippen LogP contribution in [0.2, 0.25) is 10.0 Å². The van der Waals surface area contributed by atoms with Gasteiger partial charge in [-0.05, 0) is 50.2 Å². The lowest BCUT2D eigenvalue weighted by atomic mass is 10.2. The average Bonchev–Trinajstić information content (AvgIpc) is 3.02. The number of benzene rings is 2. The van der Waals surface area contributed by atoms with Crippen LogP contribution >= 0.6 is 39.1 Å². The van der Waals surface area contributed by atoms with Crippen molar-refractivity contribution >= 4 is 56.2 Å². The molecule has 4 aromatic rings. The Morgan fingerprint density at radius 3 is 2.59 bits per heavy atom. The molecular weight excluding hydrogens is 511 g/mol. The molecule has 2 aromatic carbocycles. The van der Waals surface area contributed by atoms with Crippen molar-refractivity contribution in [3.8, 4) is 5.69 Å². The Morgan fingerprint density at radius 1 is 1.12 bits per heavy atom. The van der Waals surface area contributed by atoms with E-state index >= 15 is 0 Å². The molecule has 5 nitrogen and oxygen atoms in total. The van der Waals surface area contributed by atoms with Gasteiger partial charge in [0.2, 0.25) is 0 Å². The molecule has 0 aliphatic carbocycles. The number of hydrogen-bond donors (Lipinski definition) is 0. The highest BCUT2D eigenvalue weighted by atomic mass is 79.9. The lowest BCUT2D eigenvalue weighted by Gasteiger charge is -2.13. The van der Waals surface area contributed by atoms with Gasteiger partial charge in [-0.25, -0.2) is 4.98 Å². The quantitative estimate of drug-likeness (QED) is 0.269. The molecule has 0 saturated heterocycles. The maximum atomic E-state index is 13.2. The first kappa shape index (κ1) is 22.8. The predicted octanol–water partition coefficient (Wildman–Crippen LogP) is 6.88. The molecule has 164 valence electrons. The van der Waals surface area contributed by atoms with E-state index in [4.69, 9.17) is 28.2 Å². The molecule has 0 N–H and O–H groups in total. The molecule has 0 aliphatic heterocycles. The standard InChI is InChI=1S/C24H21BrCl2N4O/c1-13(2)23-29-20-9-8-17(25)11-18(20)24(32)31(23)28-12-16-10-14(3)30(15(16)4)21-7-5-6-19(26)22(21)27/h5-13H,1-4H3. The van der Waals surface area contributed by atoms with Gasteiger partial charge in [0, 0.05) is 27.3 Å². The van der Waals surface area contributed by atoms with Gasteiger partial charge in [-0.3, -0.25) is 4.79 Å². The van der Waals surface area contributed by atoms with Gasteiger partial charge < -0.3 is 4.57 Å². The van der Waals surface area contributed by atoms with E-state index in [0.29, 0.717) is 26.8 Å². The molecule has 0 aliphatic rings. The Hall–Kier alpha value is -2.41. The van der Waals surface area contributed by atoms with Crippen LogP contribution in [-0.2, 0) is 0 Å². The van der Waals surface area contributed by atoms with Gasteiger partial charge in [0.1, 0.15) is 5.82 Å². The van der Waals surface area contributed by atoms with E-state index in [1.54, 1.807) is 18.3 Å². The number of rotatable bonds is 4. The molecule has 0 bridgehead atoms. The highest BCUT2D eigenvalue weighted by Crippen LogP contribution is 2.31. The fraction of sp³-hybridized carbons (Fsp3) is 0.208. The SMILES string of the molecule is Cc1cc(C=Nn2c(C(C)C)nc3ccc(Br)cc3c2=O)c(C)n1-c1cccc(Cl)c1Cl. The maximum Gasteiger partial charge on any atom is 0.282 e. The Labute approximate surface area is 204 Å². The zero-order chi connectivity index (χ0) is 23.2. The number of hydrogen-bond acceptors (Lipinski definition) is 3. The van der Waals surface area contributed by atoms with Crippen LogP contribution < -0.4 is 5.56 Å². The third-order valence-corrected chi connectivity index (χ3v) is 6.61. The van der Waals surface area contributed by atoms with Gasteiger partial charge >= 0.3 is 0 Å². The van der Waals surface area contributed by atoms with Gasteiger partial charge in [-0.1, -0.05) is 59.0 Å². The van der Waals surface area contributed by atoms with Crippen molar-refractivity contribution in [1.82, 2.24) is 14.2 Å². The van der Waals surface area contributed by atoms with Gasteiger partial charge in [0.15, 0.2) is 0 Å². The molecule has 0 atom stereocenters. The average molecular weight is 532 g/mol. The number of nitrogens with zero attached hydrogens (tertiary/aromatic N) is 4. The predicted molar refractivity (Wildman–Crippen MR) is 136 cm³/mol. The van der Waals surface area contributed by atoms with Gasteiger partial charge in [-0.2, -0.15) is 9.78 Å². The van der Waals surface area contributed by atoms with E-state index in [0.717, 1.165) is 27.1 Å². The maximum absolute atomic E-state index is 13.2. The summed E-state index contributed by atoms with van der Waals surface area (Å²) in [6, 6.07) is 13.0. The van der Waals surface area contributed by atoms with Crippen molar-refractivity contribution in [3.63, 3.8) is 0 Å². The summed E-state index contributed by atoms with van der Waals surface area (Å²) >= 11 is 16.1. The summed E-state index contributed by atoms with van der Waals surface area (Å²) in [7, 11) is 0. The second-order valence-corrected chi connectivity index (χ2v) is 9.58. The van der Waals surface area contributed by atoms with Crippen molar-refractivity contribution in [3.05, 3.63) is 90.1 Å². The molecule has 4 rings (SSSR count). The van der Waals surface area contributed by atoms with E-state index < -0.39 is 0 Å². The summed E-state index contributed by atoms with van der Waals surface area (Å²) in [6.45, 7) is 7.95. The molecule has 32 heavy (non-hydrogen) atoms. The normalized spacial score (nSPS) is 11.9. The Morgan fingerprint density at radius 2 is 1.88 bits per heavy atom.